The van der Waals surface area contributed by atoms with Crippen LogP contribution in [0.2, 0.25) is 0 Å². The van der Waals surface area contributed by atoms with Gasteiger partial charge in [-0.3, -0.25) is 4.79 Å². The number of alkyl halides is 3. The Bertz CT molecular complexity index is 252. The minimum atomic E-state index is -3.78. The fraction of sp³-hybridized carbons (Fsp3) is 0.167. The molecule has 0 aliphatic rings. The lowest BCUT2D eigenvalue weighted by Crippen LogP contribution is -2.20. The molecule has 0 bridgehead atoms. The molecule has 0 aliphatic carbocycles. The molecule has 1 rings (SSSR count). The predicted molar refractivity (Wildman–Crippen MR) is 39.4 cm³/mol. The van der Waals surface area contributed by atoms with Gasteiger partial charge in [-0.05, 0) is 23.0 Å². The summed E-state index contributed by atoms with van der Waals surface area (Å²) in [6.45, 7) is 0. The first-order valence-electron chi connectivity index (χ1n) is 2.65. The Morgan fingerprint density at radius 3 is 2.64 bits per heavy atom. The normalized spacial score (nSPS) is 11.5. The van der Waals surface area contributed by atoms with Crippen LogP contribution in [0.4, 0.5) is 8.78 Å². The van der Waals surface area contributed by atoms with Gasteiger partial charge in [-0.2, -0.15) is 20.1 Å². The molecular formula is C6H3ClF2OS. The minimum Gasteiger partial charge on any atom is -0.286 e. The molecule has 0 saturated heterocycles. The van der Waals surface area contributed by atoms with Crippen molar-refractivity contribution in [2.75, 3.05) is 0 Å². The van der Waals surface area contributed by atoms with Crippen LogP contribution in [-0.2, 0) is 0 Å². The van der Waals surface area contributed by atoms with E-state index in [4.69, 9.17) is 0 Å². The molecule has 0 aromatic carbocycles. The van der Waals surface area contributed by atoms with Gasteiger partial charge < -0.3 is 0 Å². The molecule has 11 heavy (non-hydrogen) atoms. The van der Waals surface area contributed by atoms with E-state index in [0.29, 0.717) is 0 Å². The molecule has 0 aliphatic heterocycles. The van der Waals surface area contributed by atoms with Crippen molar-refractivity contribution in [1.82, 2.24) is 0 Å². The van der Waals surface area contributed by atoms with Crippen molar-refractivity contribution in [2.24, 2.45) is 0 Å². The summed E-state index contributed by atoms with van der Waals surface area (Å²) in [5.41, 5.74) is -0.0463. The van der Waals surface area contributed by atoms with Crippen LogP contribution in [-0.4, -0.2) is 11.2 Å². The monoisotopic (exact) mass is 196 g/mol. The summed E-state index contributed by atoms with van der Waals surface area (Å²) >= 11 is 5.67. The lowest BCUT2D eigenvalue weighted by atomic mass is 10.2. The topological polar surface area (TPSA) is 17.1 Å². The van der Waals surface area contributed by atoms with Crippen LogP contribution in [0.15, 0.2) is 16.8 Å². The number of carbonyl (C=O) groups is 1. The Hall–Kier alpha value is -0.480. The average molecular weight is 197 g/mol. The molecule has 1 nitrogen and oxygen atoms in total. The SMILES string of the molecule is O=C(c1ccsc1)C(F)(F)Cl. The summed E-state index contributed by atoms with van der Waals surface area (Å²) < 4.78 is 24.2. The summed E-state index contributed by atoms with van der Waals surface area (Å²) in [6.07, 6.45) is 0. The summed E-state index contributed by atoms with van der Waals surface area (Å²) in [4.78, 5) is 10.7. The van der Waals surface area contributed by atoms with Crippen molar-refractivity contribution in [3.8, 4) is 0 Å². The van der Waals surface area contributed by atoms with E-state index in [2.05, 4.69) is 11.6 Å². The molecule has 0 atom stereocenters. The Balaban J connectivity index is 2.88. The van der Waals surface area contributed by atoms with Gasteiger partial charge >= 0.3 is 5.38 Å². The van der Waals surface area contributed by atoms with Gasteiger partial charge in [0, 0.05) is 10.9 Å². The third-order valence-corrected chi connectivity index (χ3v) is 1.90. The van der Waals surface area contributed by atoms with Gasteiger partial charge in [-0.25, -0.2) is 0 Å². The fourth-order valence-corrected chi connectivity index (χ4v) is 1.30. The minimum absolute atomic E-state index is 0.0463. The highest BCUT2D eigenvalue weighted by atomic mass is 35.5. The Kier molecular flexibility index (Phi) is 2.25. The molecule has 0 unspecified atom stereocenters. The van der Waals surface area contributed by atoms with Crippen molar-refractivity contribution >= 4 is 28.7 Å². The van der Waals surface area contributed by atoms with Crippen LogP contribution in [0.3, 0.4) is 0 Å². The van der Waals surface area contributed by atoms with Crippen LogP contribution >= 0.6 is 22.9 Å². The van der Waals surface area contributed by atoms with E-state index in [-0.39, 0.29) is 5.56 Å². The van der Waals surface area contributed by atoms with Crippen molar-refractivity contribution in [3.05, 3.63) is 22.4 Å². The number of halogens is 3. The number of hydrogen-bond donors (Lipinski definition) is 0. The first kappa shape index (κ1) is 8.62. The quantitative estimate of drug-likeness (QED) is 0.525. The highest BCUT2D eigenvalue weighted by Crippen LogP contribution is 2.25. The highest BCUT2D eigenvalue weighted by Gasteiger charge is 2.36. The van der Waals surface area contributed by atoms with Crippen molar-refractivity contribution in [2.45, 2.75) is 5.38 Å². The molecule has 0 fully saturated rings. The van der Waals surface area contributed by atoms with Crippen molar-refractivity contribution in [1.29, 1.82) is 0 Å². The number of Topliss-reactive ketones (excluding diaryl/α,β-unsaturated/α-hetero) is 1. The Labute approximate surface area is 70.6 Å². The third-order valence-electron chi connectivity index (χ3n) is 1.04. The number of rotatable bonds is 2. The van der Waals surface area contributed by atoms with E-state index < -0.39 is 11.2 Å². The second-order valence-electron chi connectivity index (χ2n) is 1.84. The zero-order valence-electron chi connectivity index (χ0n) is 5.18. The smallest absolute Gasteiger partial charge is 0.286 e. The molecule has 60 valence electrons. The van der Waals surface area contributed by atoms with Crippen LogP contribution in [0.1, 0.15) is 10.4 Å². The fourth-order valence-electron chi connectivity index (χ4n) is 0.557. The summed E-state index contributed by atoms with van der Waals surface area (Å²) in [5, 5.41) is -0.907. The van der Waals surface area contributed by atoms with Crippen molar-refractivity contribution in [3.63, 3.8) is 0 Å². The molecule has 1 aromatic rings. The van der Waals surface area contributed by atoms with E-state index in [1.807, 2.05) is 0 Å². The molecule has 5 heteroatoms. The lowest BCUT2D eigenvalue weighted by molar-refractivity contribution is 0.0537. The molecule has 0 saturated carbocycles. The van der Waals surface area contributed by atoms with Gasteiger partial charge in [0.25, 0.3) is 0 Å². The van der Waals surface area contributed by atoms with E-state index in [1.165, 1.54) is 28.2 Å². The molecule has 0 radical (unpaired) electrons. The van der Waals surface area contributed by atoms with Crippen molar-refractivity contribution < 1.29 is 13.6 Å². The average Bonchev–Trinajstić information content (AvgIpc) is 2.34. The van der Waals surface area contributed by atoms with Crippen LogP contribution in [0, 0.1) is 0 Å². The first-order valence-corrected chi connectivity index (χ1v) is 3.97. The maximum Gasteiger partial charge on any atom is 0.384 e. The molecule has 0 N–H and O–H groups in total. The zero-order valence-corrected chi connectivity index (χ0v) is 6.75. The summed E-state index contributed by atoms with van der Waals surface area (Å²) in [6, 6.07) is 1.31. The molecular weight excluding hydrogens is 194 g/mol. The number of ketones is 1. The predicted octanol–water partition coefficient (Wildman–Crippen LogP) is 2.76. The molecule has 0 spiro atoms. The highest BCUT2D eigenvalue weighted by molar-refractivity contribution is 7.08. The molecule has 1 aromatic heterocycles. The van der Waals surface area contributed by atoms with E-state index in [1.54, 1.807) is 0 Å². The van der Waals surface area contributed by atoms with E-state index in [9.17, 15) is 13.6 Å². The number of hydrogen-bond acceptors (Lipinski definition) is 2. The summed E-state index contributed by atoms with van der Waals surface area (Å²) in [5.74, 6) is -1.35. The number of carbonyl (C=O) groups excluding carboxylic acids is 1. The second kappa shape index (κ2) is 2.87. The van der Waals surface area contributed by atoms with Crippen LogP contribution in [0.5, 0.6) is 0 Å². The van der Waals surface area contributed by atoms with Gasteiger partial charge in [0.2, 0.25) is 5.78 Å². The number of thiophene rings is 1. The van der Waals surface area contributed by atoms with Gasteiger partial charge in [-0.15, -0.1) is 0 Å². The van der Waals surface area contributed by atoms with Crippen LogP contribution < -0.4 is 0 Å². The second-order valence-corrected chi connectivity index (χ2v) is 3.09. The third kappa shape index (κ3) is 1.97. The van der Waals surface area contributed by atoms with Gasteiger partial charge in [0.05, 0.1) is 0 Å². The maximum atomic E-state index is 12.1. The Morgan fingerprint density at radius 1 is 1.64 bits per heavy atom. The Morgan fingerprint density at radius 2 is 2.27 bits per heavy atom. The molecule has 1 heterocycles. The van der Waals surface area contributed by atoms with Gasteiger partial charge in [0.1, 0.15) is 0 Å². The van der Waals surface area contributed by atoms with E-state index >= 15 is 0 Å². The zero-order chi connectivity index (χ0) is 8.48. The summed E-state index contributed by atoms with van der Waals surface area (Å²) in [7, 11) is 0. The maximum absolute atomic E-state index is 12.1. The van der Waals surface area contributed by atoms with E-state index in [0.717, 1.165) is 0 Å². The van der Waals surface area contributed by atoms with Gasteiger partial charge in [0.15, 0.2) is 0 Å². The van der Waals surface area contributed by atoms with Gasteiger partial charge in [-0.1, -0.05) is 0 Å². The first-order chi connectivity index (χ1) is 5.02. The van der Waals surface area contributed by atoms with Crippen LogP contribution in [0.25, 0.3) is 0 Å². The standard InChI is InChI=1S/C6H3ClF2OS/c7-6(8,9)5(10)4-1-2-11-3-4/h1-3H. The lowest BCUT2D eigenvalue weighted by Gasteiger charge is -2.02. The largest absolute Gasteiger partial charge is 0.384 e. The molecule has 0 amide bonds.